The van der Waals surface area contributed by atoms with Crippen LogP contribution in [0.25, 0.3) is 0 Å². The predicted octanol–water partition coefficient (Wildman–Crippen LogP) is 2.30. The van der Waals surface area contributed by atoms with Crippen LogP contribution in [0.4, 0.5) is 0 Å². The summed E-state index contributed by atoms with van der Waals surface area (Å²) in [6.07, 6.45) is 0. The first-order valence-electron chi connectivity index (χ1n) is 4.92. The number of thiophene rings is 1. The number of piperazine rings is 1. The van der Waals surface area contributed by atoms with Crippen molar-refractivity contribution < 1.29 is 0 Å². The average Bonchev–Trinajstić information content (AvgIpc) is 2.51. The van der Waals surface area contributed by atoms with Gasteiger partial charge in [0.15, 0.2) is 0 Å². The molecule has 4 heteroatoms. The lowest BCUT2D eigenvalue weighted by atomic mass is 10.2. The molecule has 1 aromatic rings. The first kappa shape index (κ1) is 10.6. The van der Waals surface area contributed by atoms with Gasteiger partial charge < -0.3 is 5.32 Å². The summed E-state index contributed by atoms with van der Waals surface area (Å²) in [5.74, 6) is 0. The van der Waals surface area contributed by atoms with Gasteiger partial charge >= 0.3 is 0 Å². The topological polar surface area (TPSA) is 15.3 Å². The molecule has 1 aliphatic heterocycles. The molecule has 78 valence electrons. The van der Waals surface area contributed by atoms with E-state index >= 15 is 0 Å². The van der Waals surface area contributed by atoms with Crippen LogP contribution in [0.1, 0.15) is 12.5 Å². The molecule has 2 heterocycles. The molecule has 1 aromatic heterocycles. The summed E-state index contributed by atoms with van der Waals surface area (Å²) >= 11 is 5.26. The summed E-state index contributed by atoms with van der Waals surface area (Å²) in [5, 5.41) is 5.69. The molecular formula is C10H15BrN2S. The van der Waals surface area contributed by atoms with Crippen LogP contribution in [0.5, 0.6) is 0 Å². The van der Waals surface area contributed by atoms with E-state index in [4.69, 9.17) is 0 Å². The van der Waals surface area contributed by atoms with Crippen molar-refractivity contribution in [3.63, 3.8) is 0 Å². The lowest BCUT2D eigenvalue weighted by Crippen LogP contribution is -2.48. The minimum atomic E-state index is 0.630. The van der Waals surface area contributed by atoms with Gasteiger partial charge in [-0.25, -0.2) is 0 Å². The Hall–Kier alpha value is 0.1000. The SMILES string of the molecule is C[C@@H]1CN(Cc2csc(Br)c2)CCN1. The third-order valence-electron chi connectivity index (χ3n) is 2.48. The normalized spacial score (nSPS) is 24.0. The van der Waals surface area contributed by atoms with Crippen LogP contribution >= 0.6 is 27.3 Å². The van der Waals surface area contributed by atoms with Crippen LogP contribution in [0.3, 0.4) is 0 Å². The first-order valence-corrected chi connectivity index (χ1v) is 6.60. The van der Waals surface area contributed by atoms with Crippen LogP contribution in [0, 0.1) is 0 Å². The van der Waals surface area contributed by atoms with Gasteiger partial charge in [-0.05, 0) is 39.9 Å². The minimum absolute atomic E-state index is 0.630. The van der Waals surface area contributed by atoms with Crippen LogP contribution in [-0.4, -0.2) is 30.6 Å². The predicted molar refractivity (Wildman–Crippen MR) is 64.8 cm³/mol. The third-order valence-corrected chi connectivity index (χ3v) is 4.03. The molecule has 0 bridgehead atoms. The maximum absolute atomic E-state index is 3.50. The van der Waals surface area contributed by atoms with E-state index in [1.54, 1.807) is 11.3 Å². The fraction of sp³-hybridized carbons (Fsp3) is 0.600. The second-order valence-corrected chi connectivity index (χ2v) is 6.14. The fourth-order valence-corrected chi connectivity index (χ4v) is 3.04. The average molecular weight is 275 g/mol. The Labute approximate surface area is 97.4 Å². The molecule has 2 nitrogen and oxygen atoms in total. The highest BCUT2D eigenvalue weighted by Crippen LogP contribution is 2.21. The quantitative estimate of drug-likeness (QED) is 0.891. The van der Waals surface area contributed by atoms with Gasteiger partial charge in [0.1, 0.15) is 0 Å². The highest BCUT2D eigenvalue weighted by Gasteiger charge is 2.15. The molecule has 2 rings (SSSR count). The highest BCUT2D eigenvalue weighted by molar-refractivity contribution is 9.11. The number of nitrogens with one attached hydrogen (secondary N) is 1. The summed E-state index contributed by atoms with van der Waals surface area (Å²) in [6.45, 7) is 6.78. The Kier molecular flexibility index (Phi) is 3.60. The minimum Gasteiger partial charge on any atom is -0.312 e. The van der Waals surface area contributed by atoms with Gasteiger partial charge in [-0.1, -0.05) is 0 Å². The van der Waals surface area contributed by atoms with Crippen LogP contribution in [0.15, 0.2) is 15.2 Å². The van der Waals surface area contributed by atoms with Crippen molar-refractivity contribution in [1.29, 1.82) is 0 Å². The summed E-state index contributed by atoms with van der Waals surface area (Å²) in [7, 11) is 0. The summed E-state index contributed by atoms with van der Waals surface area (Å²) in [4.78, 5) is 2.51. The van der Waals surface area contributed by atoms with E-state index in [1.807, 2.05) is 0 Å². The zero-order chi connectivity index (χ0) is 9.97. The van der Waals surface area contributed by atoms with Crippen LogP contribution < -0.4 is 5.32 Å². The Morgan fingerprint density at radius 3 is 3.21 bits per heavy atom. The molecule has 1 fully saturated rings. The van der Waals surface area contributed by atoms with Crippen molar-refractivity contribution in [2.45, 2.75) is 19.5 Å². The second kappa shape index (κ2) is 4.75. The first-order chi connectivity index (χ1) is 6.74. The van der Waals surface area contributed by atoms with Crippen molar-refractivity contribution in [1.82, 2.24) is 10.2 Å². The van der Waals surface area contributed by atoms with Gasteiger partial charge in [0.05, 0.1) is 3.79 Å². The van der Waals surface area contributed by atoms with Gasteiger partial charge in [0.25, 0.3) is 0 Å². The number of nitrogens with zero attached hydrogens (tertiary/aromatic N) is 1. The highest BCUT2D eigenvalue weighted by atomic mass is 79.9. The molecule has 1 saturated heterocycles. The van der Waals surface area contributed by atoms with Crippen molar-refractivity contribution >= 4 is 27.3 Å². The molecule has 0 unspecified atom stereocenters. The molecular weight excluding hydrogens is 260 g/mol. The lowest BCUT2D eigenvalue weighted by molar-refractivity contribution is 0.200. The van der Waals surface area contributed by atoms with Gasteiger partial charge in [0, 0.05) is 32.2 Å². The van der Waals surface area contributed by atoms with Crippen LogP contribution in [0.2, 0.25) is 0 Å². The Balaban J connectivity index is 1.90. The molecule has 0 saturated carbocycles. The van der Waals surface area contributed by atoms with E-state index < -0.39 is 0 Å². The Morgan fingerprint density at radius 1 is 1.71 bits per heavy atom. The maximum Gasteiger partial charge on any atom is 0.0701 e. The monoisotopic (exact) mass is 274 g/mol. The van der Waals surface area contributed by atoms with Crippen LogP contribution in [-0.2, 0) is 6.54 Å². The van der Waals surface area contributed by atoms with Crippen molar-refractivity contribution in [2.24, 2.45) is 0 Å². The van der Waals surface area contributed by atoms with Crippen molar-refractivity contribution in [3.05, 3.63) is 20.8 Å². The number of hydrogen-bond acceptors (Lipinski definition) is 3. The summed E-state index contributed by atoms with van der Waals surface area (Å²) < 4.78 is 1.23. The molecule has 0 radical (unpaired) electrons. The third kappa shape index (κ3) is 2.79. The van der Waals surface area contributed by atoms with E-state index in [0.717, 1.165) is 26.2 Å². The van der Waals surface area contributed by atoms with E-state index in [-0.39, 0.29) is 0 Å². The molecule has 0 aromatic carbocycles. The van der Waals surface area contributed by atoms with Crippen molar-refractivity contribution in [2.75, 3.05) is 19.6 Å². The molecule has 14 heavy (non-hydrogen) atoms. The van der Waals surface area contributed by atoms with E-state index in [0.29, 0.717) is 6.04 Å². The summed E-state index contributed by atoms with van der Waals surface area (Å²) in [6, 6.07) is 2.85. The number of rotatable bonds is 2. The largest absolute Gasteiger partial charge is 0.312 e. The zero-order valence-corrected chi connectivity index (χ0v) is 10.7. The van der Waals surface area contributed by atoms with Gasteiger partial charge in [0.2, 0.25) is 0 Å². The second-order valence-electron chi connectivity index (χ2n) is 3.85. The molecule has 0 spiro atoms. The van der Waals surface area contributed by atoms with E-state index in [1.165, 1.54) is 9.35 Å². The Bertz CT molecular complexity index is 300. The molecule has 1 aliphatic rings. The van der Waals surface area contributed by atoms with E-state index in [9.17, 15) is 0 Å². The van der Waals surface area contributed by atoms with E-state index in [2.05, 4.69) is 44.5 Å². The van der Waals surface area contributed by atoms with Crippen molar-refractivity contribution in [3.8, 4) is 0 Å². The molecule has 0 amide bonds. The standard InChI is InChI=1S/C10H15BrN2S/c1-8-5-13(3-2-12-8)6-9-4-10(11)14-7-9/h4,7-8,12H,2-3,5-6H2,1H3/t8-/m1/s1. The molecule has 1 atom stereocenters. The van der Waals surface area contributed by atoms with Gasteiger partial charge in [-0.3, -0.25) is 4.90 Å². The maximum atomic E-state index is 3.50. The number of hydrogen-bond donors (Lipinski definition) is 1. The Morgan fingerprint density at radius 2 is 2.57 bits per heavy atom. The van der Waals surface area contributed by atoms with Gasteiger partial charge in [-0.15, -0.1) is 11.3 Å². The molecule has 1 N–H and O–H groups in total. The zero-order valence-electron chi connectivity index (χ0n) is 8.29. The smallest absolute Gasteiger partial charge is 0.0701 e. The molecule has 0 aliphatic carbocycles. The van der Waals surface area contributed by atoms with Gasteiger partial charge in [-0.2, -0.15) is 0 Å². The number of halogens is 1. The summed E-state index contributed by atoms with van der Waals surface area (Å²) in [5.41, 5.74) is 1.43. The lowest BCUT2D eigenvalue weighted by Gasteiger charge is -2.31. The fourth-order valence-electron chi connectivity index (χ4n) is 1.84.